The minimum atomic E-state index is -1.15. The fraction of sp³-hybridized carbons (Fsp3) is 0.600. The number of carbonyl (C=O) groups is 4. The molecule has 0 radical (unpaired) electrons. The van der Waals surface area contributed by atoms with E-state index in [1.807, 2.05) is 20.8 Å². The van der Waals surface area contributed by atoms with Crippen LogP contribution in [0.15, 0.2) is 25.3 Å². The van der Waals surface area contributed by atoms with E-state index in [1.165, 1.54) is 0 Å². The van der Waals surface area contributed by atoms with E-state index in [2.05, 4.69) is 29.1 Å². The maximum absolute atomic E-state index is 12.2. The third-order valence-corrected chi connectivity index (χ3v) is 4.24. The van der Waals surface area contributed by atoms with Gasteiger partial charge in [0.1, 0.15) is 18.8 Å². The summed E-state index contributed by atoms with van der Waals surface area (Å²) >= 11 is 0. The van der Waals surface area contributed by atoms with Crippen molar-refractivity contribution in [3.8, 4) is 0 Å². The summed E-state index contributed by atoms with van der Waals surface area (Å²) in [6.45, 7) is 14.1. The van der Waals surface area contributed by atoms with Gasteiger partial charge in [0.15, 0.2) is 0 Å². The van der Waals surface area contributed by atoms with E-state index in [-0.39, 0.29) is 19.1 Å². The Labute approximate surface area is 172 Å². The molecule has 0 aromatic rings. The minimum absolute atomic E-state index is 0.0369. The number of hydrogen-bond acceptors (Lipinski definition) is 6. The van der Waals surface area contributed by atoms with Crippen LogP contribution in [0.5, 0.6) is 0 Å². The average Bonchev–Trinajstić information content (AvgIpc) is 2.69. The molecule has 3 amide bonds. The smallest absolute Gasteiger partial charge is 0.330 e. The number of carbonyl (C=O) groups excluding carboxylic acids is 4. The molecule has 0 bridgehead atoms. The van der Waals surface area contributed by atoms with E-state index in [0.717, 1.165) is 18.6 Å². The summed E-state index contributed by atoms with van der Waals surface area (Å²) in [4.78, 5) is 46.7. The van der Waals surface area contributed by atoms with E-state index in [4.69, 9.17) is 9.47 Å². The van der Waals surface area contributed by atoms with Crippen LogP contribution in [0.3, 0.4) is 0 Å². The zero-order chi connectivity index (χ0) is 22.5. The summed E-state index contributed by atoms with van der Waals surface area (Å²) in [6, 6.07) is -0.531. The van der Waals surface area contributed by atoms with Crippen molar-refractivity contribution in [1.82, 2.24) is 16.0 Å². The molecule has 0 aromatic heterocycles. The molecule has 0 aliphatic carbocycles. The van der Waals surface area contributed by atoms with Crippen molar-refractivity contribution in [3.63, 3.8) is 0 Å². The molecule has 9 heteroatoms. The van der Waals surface area contributed by atoms with E-state index >= 15 is 0 Å². The van der Waals surface area contributed by atoms with Gasteiger partial charge in [-0.2, -0.15) is 0 Å². The fourth-order valence-electron chi connectivity index (χ4n) is 1.90. The van der Waals surface area contributed by atoms with Crippen LogP contribution in [0, 0.1) is 5.41 Å². The lowest BCUT2D eigenvalue weighted by Crippen LogP contribution is -2.56. The molecule has 3 N–H and O–H groups in total. The van der Waals surface area contributed by atoms with Crippen LogP contribution < -0.4 is 16.0 Å². The highest BCUT2D eigenvalue weighted by atomic mass is 16.5. The molecule has 29 heavy (non-hydrogen) atoms. The van der Waals surface area contributed by atoms with Crippen LogP contribution in [0.4, 0.5) is 4.79 Å². The van der Waals surface area contributed by atoms with E-state index in [9.17, 15) is 19.2 Å². The van der Waals surface area contributed by atoms with E-state index < -0.39 is 28.9 Å². The minimum Gasteiger partial charge on any atom is -0.460 e. The Balaban J connectivity index is 4.51. The topological polar surface area (TPSA) is 123 Å². The molecule has 0 rings (SSSR count). The Bertz CT molecular complexity index is 591. The molecule has 0 saturated carbocycles. The number of rotatable bonds is 13. The van der Waals surface area contributed by atoms with Crippen LogP contribution >= 0.6 is 0 Å². The molecule has 0 aromatic carbocycles. The molecule has 0 heterocycles. The predicted molar refractivity (Wildman–Crippen MR) is 109 cm³/mol. The van der Waals surface area contributed by atoms with Crippen molar-refractivity contribution in [3.05, 3.63) is 25.3 Å². The summed E-state index contributed by atoms with van der Waals surface area (Å²) in [5, 5.41) is 8.10. The van der Waals surface area contributed by atoms with Gasteiger partial charge in [0.2, 0.25) is 5.91 Å². The van der Waals surface area contributed by atoms with Gasteiger partial charge in [-0.3, -0.25) is 4.79 Å². The number of urea groups is 1. The van der Waals surface area contributed by atoms with Gasteiger partial charge in [0, 0.05) is 30.7 Å². The standard InChI is InChI=1S/C20H33N3O6/c1-7-15(24)28-13-20(6,14-29-16(25)8-2)23-18(27)22-12-10-11-21-17(26)19(4,5)9-3/h7-8H,1-2,9-14H2,3-6H3,(H,21,26)(H2,22,23,27). The molecule has 0 spiro atoms. The SMILES string of the molecule is C=CC(=O)OCC(C)(COC(=O)C=C)NC(=O)NCCCNC(=O)C(C)(C)CC. The van der Waals surface area contributed by atoms with Crippen molar-refractivity contribution >= 4 is 23.9 Å². The third-order valence-electron chi connectivity index (χ3n) is 4.24. The Kier molecular flexibility index (Phi) is 11.4. The molecular weight excluding hydrogens is 378 g/mol. The van der Waals surface area contributed by atoms with Gasteiger partial charge in [0.25, 0.3) is 0 Å². The van der Waals surface area contributed by atoms with Gasteiger partial charge in [-0.05, 0) is 19.8 Å². The highest BCUT2D eigenvalue weighted by molar-refractivity contribution is 5.82. The summed E-state index contributed by atoms with van der Waals surface area (Å²) in [5.41, 5.74) is -1.58. The van der Waals surface area contributed by atoms with E-state index in [0.29, 0.717) is 19.5 Å². The first-order chi connectivity index (χ1) is 13.5. The number of esters is 2. The zero-order valence-corrected chi connectivity index (χ0v) is 17.8. The summed E-state index contributed by atoms with van der Waals surface area (Å²) in [7, 11) is 0. The first-order valence-electron chi connectivity index (χ1n) is 9.42. The molecule has 0 aliphatic heterocycles. The van der Waals surface area contributed by atoms with Crippen molar-refractivity contribution < 1.29 is 28.7 Å². The fourth-order valence-corrected chi connectivity index (χ4v) is 1.90. The highest BCUT2D eigenvalue weighted by Crippen LogP contribution is 2.19. The number of hydrogen-bond donors (Lipinski definition) is 3. The molecule has 0 unspecified atom stereocenters. The number of nitrogens with one attached hydrogen (secondary N) is 3. The normalized spacial score (nSPS) is 11.0. The van der Waals surface area contributed by atoms with Crippen LogP contribution in [0.1, 0.15) is 40.5 Å². The second-order valence-electron chi connectivity index (χ2n) is 7.41. The number of amides is 3. The first kappa shape index (κ1) is 26.2. The quantitative estimate of drug-likeness (QED) is 0.239. The Morgan fingerprint density at radius 2 is 1.38 bits per heavy atom. The maximum Gasteiger partial charge on any atom is 0.330 e. The second-order valence-corrected chi connectivity index (χ2v) is 7.41. The van der Waals surface area contributed by atoms with Gasteiger partial charge >= 0.3 is 18.0 Å². The van der Waals surface area contributed by atoms with Crippen molar-refractivity contribution in [2.45, 2.75) is 46.1 Å². The molecule has 0 aliphatic rings. The van der Waals surface area contributed by atoms with Gasteiger partial charge in [-0.25, -0.2) is 14.4 Å². The third kappa shape index (κ3) is 10.9. The molecular formula is C20H33N3O6. The predicted octanol–water partition coefficient (Wildman–Crippen LogP) is 1.45. The van der Waals surface area contributed by atoms with Crippen LogP contribution in [0.2, 0.25) is 0 Å². The maximum atomic E-state index is 12.2. The Morgan fingerprint density at radius 1 is 0.897 bits per heavy atom. The lowest BCUT2D eigenvalue weighted by atomic mass is 9.89. The summed E-state index contributed by atoms with van der Waals surface area (Å²) in [5.74, 6) is -1.37. The summed E-state index contributed by atoms with van der Waals surface area (Å²) < 4.78 is 9.94. The number of ether oxygens (including phenoxy) is 2. The largest absolute Gasteiger partial charge is 0.460 e. The highest BCUT2D eigenvalue weighted by Gasteiger charge is 2.30. The first-order valence-corrected chi connectivity index (χ1v) is 9.42. The molecule has 0 saturated heterocycles. The van der Waals surface area contributed by atoms with Gasteiger partial charge in [-0.1, -0.05) is 33.9 Å². The van der Waals surface area contributed by atoms with Crippen molar-refractivity contribution in [2.24, 2.45) is 5.41 Å². The van der Waals surface area contributed by atoms with Crippen molar-refractivity contribution in [1.29, 1.82) is 0 Å². The summed E-state index contributed by atoms with van der Waals surface area (Å²) in [6.07, 6.45) is 3.24. The van der Waals surface area contributed by atoms with Crippen LogP contribution in [-0.2, 0) is 23.9 Å². The zero-order valence-electron chi connectivity index (χ0n) is 17.8. The van der Waals surface area contributed by atoms with Gasteiger partial charge < -0.3 is 25.4 Å². The molecule has 164 valence electrons. The lowest BCUT2D eigenvalue weighted by molar-refractivity contribution is -0.144. The van der Waals surface area contributed by atoms with Gasteiger partial charge in [0.05, 0.1) is 0 Å². The molecule has 0 fully saturated rings. The molecule has 9 nitrogen and oxygen atoms in total. The molecule has 0 atom stereocenters. The lowest BCUT2D eigenvalue weighted by Gasteiger charge is -2.29. The Hall–Kier alpha value is -2.84. The van der Waals surface area contributed by atoms with Crippen LogP contribution in [0.25, 0.3) is 0 Å². The van der Waals surface area contributed by atoms with Gasteiger partial charge in [-0.15, -0.1) is 0 Å². The second kappa shape index (κ2) is 12.6. The monoisotopic (exact) mass is 411 g/mol. The Morgan fingerprint density at radius 3 is 1.83 bits per heavy atom. The average molecular weight is 411 g/mol. The van der Waals surface area contributed by atoms with Crippen LogP contribution in [-0.4, -0.2) is 55.7 Å². The van der Waals surface area contributed by atoms with E-state index in [1.54, 1.807) is 6.92 Å². The van der Waals surface area contributed by atoms with Crippen molar-refractivity contribution in [2.75, 3.05) is 26.3 Å².